The summed E-state index contributed by atoms with van der Waals surface area (Å²) in [6, 6.07) is 0. The summed E-state index contributed by atoms with van der Waals surface area (Å²) < 4.78 is 0. The van der Waals surface area contributed by atoms with E-state index in [0.717, 1.165) is 17.8 Å². The molecule has 0 unspecified atom stereocenters. The third-order valence-corrected chi connectivity index (χ3v) is 0.932. The van der Waals surface area contributed by atoms with Crippen LogP contribution in [-0.4, -0.2) is 16.2 Å². The van der Waals surface area contributed by atoms with E-state index in [1.165, 1.54) is 5.41 Å². The van der Waals surface area contributed by atoms with Gasteiger partial charge in [-0.2, -0.15) is 0 Å². The molecule has 0 rings (SSSR count). The van der Waals surface area contributed by atoms with Crippen molar-refractivity contribution in [1.82, 2.24) is 0 Å². The van der Waals surface area contributed by atoms with Gasteiger partial charge in [-0.1, -0.05) is 11.8 Å². The van der Waals surface area contributed by atoms with Crippen molar-refractivity contribution in [1.29, 1.82) is 5.41 Å². The van der Waals surface area contributed by atoms with E-state index in [4.69, 9.17) is 16.2 Å². The first-order valence-electron chi connectivity index (χ1n) is 2.03. The van der Waals surface area contributed by atoms with E-state index in [2.05, 4.69) is 0 Å². The lowest BCUT2D eigenvalue weighted by Crippen LogP contribution is -2.01. The van der Waals surface area contributed by atoms with Gasteiger partial charge in [0.25, 0.3) is 0 Å². The number of hydrogen-bond donors (Lipinski definition) is 3. The van der Waals surface area contributed by atoms with Gasteiger partial charge in [-0.3, -0.25) is 5.41 Å². The lowest BCUT2D eigenvalue weighted by Gasteiger charge is -1.84. The van der Waals surface area contributed by atoms with Gasteiger partial charge in [0.2, 0.25) is 0 Å². The number of carbonyl (C=O) groups is 1. The van der Waals surface area contributed by atoms with Crippen LogP contribution in [0.25, 0.3) is 0 Å². The predicted octanol–water partition coefficient (Wildman–Crippen LogP) is 0.211. The van der Waals surface area contributed by atoms with Crippen molar-refractivity contribution >= 4 is 22.9 Å². The third-order valence-electron chi connectivity index (χ3n) is 0.406. The monoisotopic (exact) mass is 146 g/mol. The Morgan fingerprint density at radius 1 is 1.78 bits per heavy atom. The molecule has 0 atom stereocenters. The third kappa shape index (κ3) is 7.03. The summed E-state index contributed by atoms with van der Waals surface area (Å²) in [6.07, 6.45) is 0.923. The first-order valence-corrected chi connectivity index (χ1v) is 2.91. The molecule has 0 aromatic carbocycles. The van der Waals surface area contributed by atoms with Gasteiger partial charge < -0.3 is 10.8 Å². The average Bonchev–Trinajstić information content (AvgIpc) is 1.63. The van der Waals surface area contributed by atoms with Crippen molar-refractivity contribution < 1.29 is 9.90 Å². The van der Waals surface area contributed by atoms with Crippen molar-refractivity contribution in [3.63, 3.8) is 0 Å². The summed E-state index contributed by atoms with van der Waals surface area (Å²) in [4.78, 5) is 9.77. The molecular formula is C4H6N2O2S. The number of rotatable bonds is 2. The first kappa shape index (κ1) is 8.03. The van der Waals surface area contributed by atoms with Gasteiger partial charge in [0.1, 0.15) is 0 Å². The predicted molar refractivity (Wildman–Crippen MR) is 36.3 cm³/mol. The summed E-state index contributed by atoms with van der Waals surface area (Å²) in [6.45, 7) is 0. The minimum absolute atomic E-state index is 0.118. The van der Waals surface area contributed by atoms with Gasteiger partial charge in [-0.05, 0) is 5.41 Å². The number of nitrogens with two attached hydrogens (primary N) is 1. The molecule has 50 valence electrons. The number of nitrogens with one attached hydrogen (secondary N) is 1. The Morgan fingerprint density at radius 2 is 2.33 bits per heavy atom. The molecule has 5 heteroatoms. The number of carboxylic acids is 1. The van der Waals surface area contributed by atoms with Crippen LogP contribution in [-0.2, 0) is 4.79 Å². The smallest absolute Gasteiger partial charge is 0.328 e. The van der Waals surface area contributed by atoms with E-state index < -0.39 is 5.97 Å². The van der Waals surface area contributed by atoms with Crippen LogP contribution in [0.1, 0.15) is 0 Å². The molecule has 0 aromatic heterocycles. The molecule has 0 fully saturated rings. The summed E-state index contributed by atoms with van der Waals surface area (Å²) in [7, 11) is 0. The quantitative estimate of drug-likeness (QED) is 0.295. The Kier molecular flexibility index (Phi) is 3.54. The molecule has 0 saturated carbocycles. The van der Waals surface area contributed by atoms with Crippen LogP contribution in [0.3, 0.4) is 0 Å². The van der Waals surface area contributed by atoms with E-state index in [0.29, 0.717) is 0 Å². The van der Waals surface area contributed by atoms with Gasteiger partial charge in [0.15, 0.2) is 5.17 Å². The standard InChI is InChI=1S/C4H6N2O2S/c5-4(6)9-2-1-3(7)8/h1-2H,(H3,5,6)(H,7,8). The average molecular weight is 146 g/mol. The second-order valence-electron chi connectivity index (χ2n) is 1.12. The minimum Gasteiger partial charge on any atom is -0.478 e. The molecule has 0 spiro atoms. The van der Waals surface area contributed by atoms with Crippen LogP contribution < -0.4 is 5.73 Å². The Hall–Kier alpha value is -0.970. The SMILES string of the molecule is N=C(N)SC=CC(=O)O. The lowest BCUT2D eigenvalue weighted by atomic mass is 10.7. The van der Waals surface area contributed by atoms with Crippen LogP contribution in [0.4, 0.5) is 0 Å². The van der Waals surface area contributed by atoms with Crippen LogP contribution in [0.2, 0.25) is 0 Å². The molecule has 0 aliphatic heterocycles. The summed E-state index contributed by atoms with van der Waals surface area (Å²) in [5, 5.41) is 15.8. The summed E-state index contributed by atoms with van der Waals surface area (Å²) >= 11 is 0.859. The van der Waals surface area contributed by atoms with Crippen LogP contribution >= 0.6 is 11.8 Å². The van der Waals surface area contributed by atoms with Gasteiger partial charge in [0, 0.05) is 6.08 Å². The highest BCUT2D eigenvalue weighted by atomic mass is 32.2. The molecule has 0 aliphatic carbocycles. The molecule has 4 N–H and O–H groups in total. The topological polar surface area (TPSA) is 87.2 Å². The van der Waals surface area contributed by atoms with Crippen molar-refractivity contribution in [3.8, 4) is 0 Å². The molecule has 0 aliphatic rings. The summed E-state index contributed by atoms with van der Waals surface area (Å²) in [5.74, 6) is -1.04. The second-order valence-corrected chi connectivity index (χ2v) is 2.07. The molecule has 0 amide bonds. The Balaban J connectivity index is 3.48. The van der Waals surface area contributed by atoms with E-state index in [9.17, 15) is 4.79 Å². The van der Waals surface area contributed by atoms with E-state index >= 15 is 0 Å². The highest BCUT2D eigenvalue weighted by Crippen LogP contribution is 1.97. The second kappa shape index (κ2) is 3.96. The fourth-order valence-electron chi connectivity index (χ4n) is 0.166. The zero-order valence-electron chi connectivity index (χ0n) is 4.50. The molecular weight excluding hydrogens is 140 g/mol. The van der Waals surface area contributed by atoms with E-state index in [1.54, 1.807) is 0 Å². The number of aliphatic carboxylic acids is 1. The Morgan fingerprint density at radius 3 is 2.67 bits per heavy atom. The molecule has 9 heavy (non-hydrogen) atoms. The Labute approximate surface area is 56.2 Å². The maximum Gasteiger partial charge on any atom is 0.328 e. The Bertz CT molecular complexity index is 155. The van der Waals surface area contributed by atoms with Gasteiger partial charge >= 0.3 is 5.97 Å². The fourth-order valence-corrected chi connectivity index (χ4v) is 0.497. The minimum atomic E-state index is -1.04. The normalized spacial score (nSPS) is 9.78. The molecule has 0 aromatic rings. The van der Waals surface area contributed by atoms with Crippen LogP contribution in [0, 0.1) is 5.41 Å². The van der Waals surface area contributed by atoms with E-state index in [1.807, 2.05) is 0 Å². The van der Waals surface area contributed by atoms with E-state index in [-0.39, 0.29) is 5.17 Å². The molecule has 0 saturated heterocycles. The molecule has 0 bridgehead atoms. The lowest BCUT2D eigenvalue weighted by molar-refractivity contribution is -0.131. The highest BCUT2D eigenvalue weighted by molar-refractivity contribution is 8.16. The fraction of sp³-hybridized carbons (Fsp3) is 0. The number of thioether (sulfide) groups is 1. The number of hydrogen-bond acceptors (Lipinski definition) is 3. The van der Waals surface area contributed by atoms with Crippen molar-refractivity contribution in [2.75, 3.05) is 0 Å². The maximum absolute atomic E-state index is 9.77. The van der Waals surface area contributed by atoms with Gasteiger partial charge in [0.05, 0.1) is 0 Å². The van der Waals surface area contributed by atoms with Gasteiger partial charge in [-0.25, -0.2) is 4.79 Å². The van der Waals surface area contributed by atoms with Crippen molar-refractivity contribution in [2.45, 2.75) is 0 Å². The first-order chi connectivity index (χ1) is 4.13. The number of carboxylic acid groups (broad SMARTS) is 1. The van der Waals surface area contributed by atoms with Crippen LogP contribution in [0.5, 0.6) is 0 Å². The van der Waals surface area contributed by atoms with Crippen LogP contribution in [0.15, 0.2) is 11.5 Å². The molecule has 0 heterocycles. The van der Waals surface area contributed by atoms with Crippen molar-refractivity contribution in [3.05, 3.63) is 11.5 Å². The zero-order chi connectivity index (χ0) is 7.28. The maximum atomic E-state index is 9.77. The summed E-state index contributed by atoms with van der Waals surface area (Å²) in [5.41, 5.74) is 4.88. The largest absolute Gasteiger partial charge is 0.478 e. The molecule has 4 nitrogen and oxygen atoms in total. The van der Waals surface area contributed by atoms with Gasteiger partial charge in [-0.15, -0.1) is 0 Å². The van der Waals surface area contributed by atoms with Crippen molar-refractivity contribution in [2.24, 2.45) is 5.73 Å². The molecule has 0 radical (unpaired) electrons. The highest BCUT2D eigenvalue weighted by Gasteiger charge is 1.85. The number of amidine groups is 1. The zero-order valence-corrected chi connectivity index (χ0v) is 5.31.